The fraction of sp³-hybridized carbons (Fsp3) is 0.769. The van der Waals surface area contributed by atoms with E-state index in [2.05, 4.69) is 5.32 Å². The Morgan fingerprint density at radius 1 is 1.37 bits per heavy atom. The molecule has 0 bridgehead atoms. The average molecular weight is 267 g/mol. The summed E-state index contributed by atoms with van der Waals surface area (Å²) in [6.07, 6.45) is 2.58. The summed E-state index contributed by atoms with van der Waals surface area (Å²) in [7, 11) is 1.44. The van der Waals surface area contributed by atoms with Crippen LogP contribution in [0.4, 0.5) is 0 Å². The van der Waals surface area contributed by atoms with Gasteiger partial charge in [-0.05, 0) is 25.2 Å². The highest BCUT2D eigenvalue weighted by atomic mass is 16.2. The SMILES string of the molecule is CC1CCC(N)CC1C(=O)NC1CC(=O)N(C)C1=O. The Hall–Kier alpha value is -1.43. The molecule has 1 saturated heterocycles. The molecule has 1 heterocycles. The van der Waals surface area contributed by atoms with Crippen molar-refractivity contribution in [3.8, 4) is 0 Å². The van der Waals surface area contributed by atoms with E-state index >= 15 is 0 Å². The van der Waals surface area contributed by atoms with Gasteiger partial charge in [-0.1, -0.05) is 6.92 Å². The van der Waals surface area contributed by atoms with Crippen molar-refractivity contribution >= 4 is 17.7 Å². The van der Waals surface area contributed by atoms with E-state index in [0.717, 1.165) is 17.7 Å². The summed E-state index contributed by atoms with van der Waals surface area (Å²) in [6.45, 7) is 2.03. The number of hydrogen-bond donors (Lipinski definition) is 2. The first-order chi connectivity index (χ1) is 8.90. The van der Waals surface area contributed by atoms with Crippen LogP contribution in [0.5, 0.6) is 0 Å². The highest BCUT2D eigenvalue weighted by molar-refractivity contribution is 6.06. The number of carbonyl (C=O) groups excluding carboxylic acids is 3. The molecule has 6 heteroatoms. The van der Waals surface area contributed by atoms with Gasteiger partial charge in [0.2, 0.25) is 11.8 Å². The number of likely N-dealkylation sites (N-methyl/N-ethyl adjacent to an activating group) is 1. The van der Waals surface area contributed by atoms with Gasteiger partial charge in [0.15, 0.2) is 0 Å². The maximum Gasteiger partial charge on any atom is 0.252 e. The molecular formula is C13H21N3O3. The highest BCUT2D eigenvalue weighted by Crippen LogP contribution is 2.29. The van der Waals surface area contributed by atoms with Crippen LogP contribution in [0.2, 0.25) is 0 Å². The molecule has 3 amide bonds. The summed E-state index contributed by atoms with van der Waals surface area (Å²) in [4.78, 5) is 36.4. The van der Waals surface area contributed by atoms with Crippen molar-refractivity contribution in [2.45, 2.75) is 44.7 Å². The molecule has 2 rings (SSSR count). The molecule has 2 fully saturated rings. The van der Waals surface area contributed by atoms with Gasteiger partial charge in [-0.2, -0.15) is 0 Å². The summed E-state index contributed by atoms with van der Waals surface area (Å²) in [6, 6.07) is -0.647. The van der Waals surface area contributed by atoms with Crippen molar-refractivity contribution in [1.29, 1.82) is 0 Å². The Balaban J connectivity index is 1.97. The van der Waals surface area contributed by atoms with Gasteiger partial charge in [-0.25, -0.2) is 0 Å². The van der Waals surface area contributed by atoms with Crippen LogP contribution < -0.4 is 11.1 Å². The van der Waals surface area contributed by atoms with Crippen molar-refractivity contribution in [3.05, 3.63) is 0 Å². The van der Waals surface area contributed by atoms with Gasteiger partial charge < -0.3 is 11.1 Å². The summed E-state index contributed by atoms with van der Waals surface area (Å²) < 4.78 is 0. The number of amides is 3. The van der Waals surface area contributed by atoms with Crippen LogP contribution in [-0.2, 0) is 14.4 Å². The van der Waals surface area contributed by atoms with Crippen LogP contribution in [0.1, 0.15) is 32.6 Å². The topological polar surface area (TPSA) is 92.5 Å². The van der Waals surface area contributed by atoms with Gasteiger partial charge in [0.05, 0.1) is 6.42 Å². The quantitative estimate of drug-likeness (QED) is 0.667. The van der Waals surface area contributed by atoms with Crippen molar-refractivity contribution in [2.75, 3.05) is 7.05 Å². The van der Waals surface area contributed by atoms with Gasteiger partial charge in [-0.15, -0.1) is 0 Å². The molecular weight excluding hydrogens is 246 g/mol. The molecule has 1 aliphatic carbocycles. The van der Waals surface area contributed by atoms with Crippen LogP contribution >= 0.6 is 0 Å². The van der Waals surface area contributed by atoms with E-state index in [4.69, 9.17) is 5.73 Å². The average Bonchev–Trinajstić information content (AvgIpc) is 2.60. The van der Waals surface area contributed by atoms with E-state index in [-0.39, 0.29) is 42.0 Å². The summed E-state index contributed by atoms with van der Waals surface area (Å²) in [5.41, 5.74) is 5.90. The molecule has 1 aliphatic heterocycles. The second kappa shape index (κ2) is 5.28. The zero-order chi connectivity index (χ0) is 14.2. The van der Waals surface area contributed by atoms with Crippen LogP contribution in [0.15, 0.2) is 0 Å². The first-order valence-corrected chi connectivity index (χ1v) is 6.76. The molecule has 0 spiro atoms. The van der Waals surface area contributed by atoms with Crippen molar-refractivity contribution in [2.24, 2.45) is 17.6 Å². The van der Waals surface area contributed by atoms with E-state index < -0.39 is 6.04 Å². The van der Waals surface area contributed by atoms with Gasteiger partial charge in [-0.3, -0.25) is 19.3 Å². The van der Waals surface area contributed by atoms with Crippen molar-refractivity contribution in [1.82, 2.24) is 10.2 Å². The molecule has 2 aliphatic rings. The minimum atomic E-state index is -0.699. The maximum absolute atomic E-state index is 12.2. The first kappa shape index (κ1) is 14.0. The van der Waals surface area contributed by atoms with Gasteiger partial charge in [0.25, 0.3) is 5.91 Å². The lowest BCUT2D eigenvalue weighted by atomic mass is 9.77. The van der Waals surface area contributed by atoms with E-state index in [0.29, 0.717) is 6.42 Å². The summed E-state index contributed by atoms with van der Waals surface area (Å²) in [5, 5.41) is 2.70. The molecule has 4 unspecified atom stereocenters. The number of nitrogens with zero attached hydrogens (tertiary/aromatic N) is 1. The Bertz CT molecular complexity index is 410. The third kappa shape index (κ3) is 2.78. The summed E-state index contributed by atoms with van der Waals surface area (Å²) >= 11 is 0. The number of nitrogens with two attached hydrogens (primary N) is 1. The second-order valence-electron chi connectivity index (χ2n) is 5.71. The molecule has 106 valence electrons. The van der Waals surface area contributed by atoms with Crippen molar-refractivity contribution < 1.29 is 14.4 Å². The standard InChI is InChI=1S/C13H21N3O3/c1-7-3-4-8(14)5-9(7)12(18)15-10-6-11(17)16(2)13(10)19/h7-10H,3-6,14H2,1-2H3,(H,15,18). The molecule has 19 heavy (non-hydrogen) atoms. The predicted octanol–water partition coefficient (Wildman–Crippen LogP) is -0.377. The fourth-order valence-corrected chi connectivity index (χ4v) is 2.87. The van der Waals surface area contributed by atoms with Crippen LogP contribution in [0.3, 0.4) is 0 Å². The van der Waals surface area contributed by atoms with E-state index in [1.54, 1.807) is 0 Å². The lowest BCUT2D eigenvalue weighted by Gasteiger charge is -2.32. The number of likely N-dealkylation sites (tertiary alicyclic amines) is 1. The van der Waals surface area contributed by atoms with E-state index in [1.165, 1.54) is 7.05 Å². The molecule has 0 radical (unpaired) electrons. The Morgan fingerprint density at radius 2 is 2.05 bits per heavy atom. The highest BCUT2D eigenvalue weighted by Gasteiger charge is 2.39. The molecule has 0 aromatic heterocycles. The minimum absolute atomic E-state index is 0.0514. The second-order valence-corrected chi connectivity index (χ2v) is 5.71. The molecule has 6 nitrogen and oxygen atoms in total. The summed E-state index contributed by atoms with van der Waals surface area (Å²) in [5.74, 6) is -0.610. The van der Waals surface area contributed by atoms with Crippen LogP contribution in [-0.4, -0.2) is 41.8 Å². The molecule has 1 saturated carbocycles. The van der Waals surface area contributed by atoms with Gasteiger partial charge in [0.1, 0.15) is 6.04 Å². The van der Waals surface area contributed by atoms with E-state index in [1.807, 2.05) is 6.92 Å². The number of rotatable bonds is 2. The number of imide groups is 1. The third-order valence-corrected chi connectivity index (χ3v) is 4.27. The number of hydrogen-bond acceptors (Lipinski definition) is 4. The van der Waals surface area contributed by atoms with E-state index in [9.17, 15) is 14.4 Å². The first-order valence-electron chi connectivity index (χ1n) is 6.76. The zero-order valence-electron chi connectivity index (χ0n) is 11.4. The smallest absolute Gasteiger partial charge is 0.252 e. The lowest BCUT2D eigenvalue weighted by molar-refractivity contribution is -0.138. The molecule has 0 aromatic carbocycles. The molecule has 3 N–H and O–H groups in total. The predicted molar refractivity (Wildman–Crippen MR) is 68.8 cm³/mol. The molecule has 0 aromatic rings. The third-order valence-electron chi connectivity index (χ3n) is 4.27. The minimum Gasteiger partial charge on any atom is -0.344 e. The maximum atomic E-state index is 12.2. The molecule has 4 atom stereocenters. The normalized spacial score (nSPS) is 35.6. The van der Waals surface area contributed by atoms with Crippen LogP contribution in [0.25, 0.3) is 0 Å². The van der Waals surface area contributed by atoms with Gasteiger partial charge >= 0.3 is 0 Å². The Labute approximate surface area is 112 Å². The number of carbonyl (C=O) groups is 3. The number of nitrogens with one attached hydrogen (secondary N) is 1. The van der Waals surface area contributed by atoms with Crippen molar-refractivity contribution in [3.63, 3.8) is 0 Å². The monoisotopic (exact) mass is 267 g/mol. The Kier molecular flexibility index (Phi) is 3.89. The van der Waals surface area contributed by atoms with Crippen LogP contribution in [0, 0.1) is 11.8 Å². The fourth-order valence-electron chi connectivity index (χ4n) is 2.87. The largest absolute Gasteiger partial charge is 0.344 e. The zero-order valence-corrected chi connectivity index (χ0v) is 11.4. The van der Waals surface area contributed by atoms with Gasteiger partial charge in [0, 0.05) is 19.0 Å². The lowest BCUT2D eigenvalue weighted by Crippen LogP contribution is -2.47. The Morgan fingerprint density at radius 3 is 2.63 bits per heavy atom.